The van der Waals surface area contributed by atoms with E-state index in [1.807, 2.05) is 30.3 Å². The highest BCUT2D eigenvalue weighted by atomic mass is 16.5. The minimum absolute atomic E-state index is 0.0409. The normalized spacial score (nSPS) is 29.5. The van der Waals surface area contributed by atoms with Crippen LogP contribution in [0.25, 0.3) is 5.57 Å². The van der Waals surface area contributed by atoms with Gasteiger partial charge < -0.3 is 4.74 Å². The molecule has 3 aromatic carbocycles. The van der Waals surface area contributed by atoms with Crippen LogP contribution in [-0.4, -0.2) is 41.0 Å². The van der Waals surface area contributed by atoms with E-state index in [-0.39, 0.29) is 29.2 Å². The first-order valence-corrected chi connectivity index (χ1v) is 12.8. The highest BCUT2D eigenvalue weighted by Crippen LogP contribution is 2.61. The number of Topliss-reactive ketones (excluding diaryl/α,β-unsaturated/α-hetero) is 1. The number of carbonyl (C=O) groups excluding carboxylic acids is 1. The van der Waals surface area contributed by atoms with E-state index in [0.29, 0.717) is 0 Å². The van der Waals surface area contributed by atoms with Crippen molar-refractivity contribution >= 4 is 11.4 Å². The summed E-state index contributed by atoms with van der Waals surface area (Å²) in [6, 6.07) is 29.3. The van der Waals surface area contributed by atoms with Crippen LogP contribution in [0.15, 0.2) is 90.5 Å². The lowest BCUT2D eigenvalue weighted by Crippen LogP contribution is -2.64. The molecular weight excluding hydrogens is 444 g/mol. The first-order valence-electron chi connectivity index (χ1n) is 12.8. The zero-order valence-corrected chi connectivity index (χ0v) is 21.7. The second kappa shape index (κ2) is 8.16. The van der Waals surface area contributed by atoms with Crippen molar-refractivity contribution in [3.05, 3.63) is 107 Å². The Morgan fingerprint density at radius 1 is 0.833 bits per heavy atom. The summed E-state index contributed by atoms with van der Waals surface area (Å²) >= 11 is 0. The Morgan fingerprint density at radius 3 is 2.06 bits per heavy atom. The Balaban J connectivity index is 1.59. The van der Waals surface area contributed by atoms with E-state index >= 15 is 0 Å². The van der Waals surface area contributed by atoms with Gasteiger partial charge in [-0.1, -0.05) is 86.6 Å². The van der Waals surface area contributed by atoms with E-state index < -0.39 is 5.54 Å². The molecule has 3 heterocycles. The fourth-order valence-corrected chi connectivity index (χ4v) is 7.03. The average molecular weight is 479 g/mol. The van der Waals surface area contributed by atoms with Gasteiger partial charge in [0, 0.05) is 6.54 Å². The monoisotopic (exact) mass is 478 g/mol. The third-order valence-corrected chi connectivity index (χ3v) is 8.80. The van der Waals surface area contributed by atoms with E-state index in [1.54, 1.807) is 7.11 Å². The first-order chi connectivity index (χ1) is 17.3. The molecule has 0 unspecified atom stereocenters. The van der Waals surface area contributed by atoms with Gasteiger partial charge in [-0.25, -0.2) is 10.0 Å². The number of benzene rings is 3. The summed E-state index contributed by atoms with van der Waals surface area (Å²) in [7, 11) is 1.69. The van der Waals surface area contributed by atoms with Gasteiger partial charge in [-0.15, -0.1) is 0 Å². The third-order valence-electron chi connectivity index (χ3n) is 8.80. The number of rotatable bonds is 4. The zero-order chi connectivity index (χ0) is 25.2. The number of ketones is 1. The van der Waals surface area contributed by atoms with Crippen molar-refractivity contribution in [3.63, 3.8) is 0 Å². The molecule has 3 aliphatic heterocycles. The van der Waals surface area contributed by atoms with Gasteiger partial charge in [0.05, 0.1) is 25.1 Å². The van der Waals surface area contributed by atoms with Gasteiger partial charge >= 0.3 is 0 Å². The van der Waals surface area contributed by atoms with Crippen LogP contribution in [0.5, 0.6) is 5.75 Å². The largest absolute Gasteiger partial charge is 0.497 e. The van der Waals surface area contributed by atoms with Crippen molar-refractivity contribution in [3.8, 4) is 5.75 Å². The molecule has 0 bridgehead atoms. The molecule has 6 rings (SSSR count). The van der Waals surface area contributed by atoms with Gasteiger partial charge in [-0.2, -0.15) is 0 Å². The summed E-state index contributed by atoms with van der Waals surface area (Å²) in [5, 5.41) is 4.96. The molecule has 0 amide bonds. The van der Waals surface area contributed by atoms with Crippen LogP contribution in [-0.2, 0) is 4.79 Å². The maximum absolute atomic E-state index is 14.8. The van der Waals surface area contributed by atoms with Crippen LogP contribution >= 0.6 is 0 Å². The van der Waals surface area contributed by atoms with Crippen molar-refractivity contribution in [2.75, 3.05) is 13.7 Å². The molecule has 2 saturated heterocycles. The van der Waals surface area contributed by atoms with Crippen LogP contribution in [0.3, 0.4) is 0 Å². The minimum atomic E-state index is -0.701. The van der Waals surface area contributed by atoms with Crippen LogP contribution in [0.2, 0.25) is 0 Å². The molecule has 0 aliphatic carbocycles. The maximum atomic E-state index is 14.8. The van der Waals surface area contributed by atoms with E-state index in [4.69, 9.17) is 4.74 Å². The van der Waals surface area contributed by atoms with Gasteiger partial charge in [0.2, 0.25) is 0 Å². The van der Waals surface area contributed by atoms with Crippen LogP contribution in [0.4, 0.5) is 0 Å². The summed E-state index contributed by atoms with van der Waals surface area (Å²) in [6.45, 7) is 9.92. The van der Waals surface area contributed by atoms with Crippen molar-refractivity contribution in [2.45, 2.75) is 51.2 Å². The highest BCUT2D eigenvalue weighted by molar-refractivity contribution is 6.02. The van der Waals surface area contributed by atoms with E-state index in [2.05, 4.69) is 92.3 Å². The van der Waals surface area contributed by atoms with Crippen LogP contribution in [0.1, 0.15) is 56.3 Å². The van der Waals surface area contributed by atoms with Gasteiger partial charge in [-0.3, -0.25) is 4.79 Å². The second-order valence-corrected chi connectivity index (χ2v) is 11.3. The van der Waals surface area contributed by atoms with E-state index in [9.17, 15) is 4.79 Å². The van der Waals surface area contributed by atoms with Crippen molar-refractivity contribution in [1.29, 1.82) is 0 Å². The number of hydrazine groups is 1. The first kappa shape index (κ1) is 23.2. The molecule has 0 radical (unpaired) electrons. The molecule has 36 heavy (non-hydrogen) atoms. The van der Waals surface area contributed by atoms with E-state index in [0.717, 1.165) is 23.4 Å². The number of methoxy groups -OCH3 is 1. The quantitative estimate of drug-likeness (QED) is 0.442. The zero-order valence-electron chi connectivity index (χ0n) is 21.7. The number of ether oxygens (including phenoxy) is 1. The predicted molar refractivity (Wildman–Crippen MR) is 143 cm³/mol. The number of nitrogens with zero attached hydrogens (tertiary/aromatic N) is 2. The maximum Gasteiger partial charge on any atom is 0.167 e. The SMILES string of the molecule is COc1ccc([C@H]2[C@H](c3ccccc3)C(=O)[C@]3(C)C(C)=C(c4ccccc4)[C@H]4N3N2CC4(C)C)cc1. The summed E-state index contributed by atoms with van der Waals surface area (Å²) < 4.78 is 5.45. The summed E-state index contributed by atoms with van der Waals surface area (Å²) in [5.41, 5.74) is 5.18. The molecule has 0 saturated carbocycles. The Bertz CT molecular complexity index is 1330. The predicted octanol–water partition coefficient (Wildman–Crippen LogP) is 6.28. The standard InChI is InChI=1S/C32H34N2O2/c1-21-26(22-12-8-6-9-13-22)29-31(2,3)20-33-28(24-16-18-25(36-5)19-17-24)27(23-14-10-7-11-15-23)30(35)32(21,4)34(29)33/h6-19,27-29H,20H2,1-5H3/t27-,28-,29+,32-/m0/s1. The average Bonchev–Trinajstić information content (AvgIpc) is 3.32. The van der Waals surface area contributed by atoms with Crippen molar-refractivity contribution in [1.82, 2.24) is 10.0 Å². The fourth-order valence-electron chi connectivity index (χ4n) is 7.03. The lowest BCUT2D eigenvalue weighted by Gasteiger charge is -2.52. The molecule has 0 N–H and O–H groups in total. The van der Waals surface area contributed by atoms with Gasteiger partial charge in [0.25, 0.3) is 0 Å². The van der Waals surface area contributed by atoms with Crippen LogP contribution < -0.4 is 4.74 Å². The van der Waals surface area contributed by atoms with E-state index in [1.165, 1.54) is 16.7 Å². The number of hydrogen-bond donors (Lipinski definition) is 0. The van der Waals surface area contributed by atoms with Crippen molar-refractivity contribution in [2.24, 2.45) is 5.41 Å². The lowest BCUT2D eigenvalue weighted by atomic mass is 9.71. The smallest absolute Gasteiger partial charge is 0.167 e. The Morgan fingerprint density at radius 2 is 1.44 bits per heavy atom. The summed E-state index contributed by atoms with van der Waals surface area (Å²) in [6.07, 6.45) is 0. The topological polar surface area (TPSA) is 32.8 Å². The Hall–Kier alpha value is -3.21. The highest BCUT2D eigenvalue weighted by Gasteiger charge is 2.68. The number of hydrogen-bond acceptors (Lipinski definition) is 4. The molecule has 3 aromatic rings. The minimum Gasteiger partial charge on any atom is -0.497 e. The lowest BCUT2D eigenvalue weighted by molar-refractivity contribution is -0.164. The Labute approximate surface area is 214 Å². The fraction of sp³-hybridized carbons (Fsp3) is 0.344. The summed E-state index contributed by atoms with van der Waals surface area (Å²) in [4.78, 5) is 14.8. The Kier molecular flexibility index (Phi) is 5.26. The van der Waals surface area contributed by atoms with Crippen molar-refractivity contribution < 1.29 is 9.53 Å². The summed E-state index contributed by atoms with van der Waals surface area (Å²) in [5.74, 6) is 0.823. The molecule has 4 atom stereocenters. The molecule has 3 aliphatic rings. The second-order valence-electron chi connectivity index (χ2n) is 11.3. The molecular formula is C32H34N2O2. The third kappa shape index (κ3) is 3.11. The molecule has 4 heteroatoms. The van der Waals surface area contributed by atoms with Gasteiger partial charge in [-0.05, 0) is 59.2 Å². The molecule has 0 aromatic heterocycles. The van der Waals surface area contributed by atoms with Gasteiger partial charge in [0.15, 0.2) is 5.78 Å². The molecule has 2 fully saturated rings. The molecule has 4 nitrogen and oxygen atoms in total. The molecule has 0 spiro atoms. The number of carbonyl (C=O) groups is 1. The molecule has 184 valence electrons. The van der Waals surface area contributed by atoms with Crippen LogP contribution in [0, 0.1) is 5.41 Å². The van der Waals surface area contributed by atoms with Gasteiger partial charge in [0.1, 0.15) is 11.3 Å².